The minimum Gasteiger partial charge on any atom is -0.480 e. The van der Waals surface area contributed by atoms with Gasteiger partial charge in [0, 0.05) is 25.1 Å². The summed E-state index contributed by atoms with van der Waals surface area (Å²) < 4.78 is 10.9. The van der Waals surface area contributed by atoms with E-state index in [1.807, 2.05) is 6.07 Å². The second-order valence-electron chi connectivity index (χ2n) is 7.52. The highest BCUT2D eigenvalue weighted by Gasteiger charge is 2.26. The van der Waals surface area contributed by atoms with Crippen molar-refractivity contribution in [1.82, 2.24) is 5.32 Å². The highest BCUT2D eigenvalue weighted by atomic mass is 16.6. The molecule has 0 radical (unpaired) electrons. The Labute approximate surface area is 148 Å². The van der Waals surface area contributed by atoms with Gasteiger partial charge in [0.1, 0.15) is 17.4 Å². The first-order valence-electron chi connectivity index (χ1n) is 8.73. The third-order valence-electron chi connectivity index (χ3n) is 4.13. The van der Waals surface area contributed by atoms with Gasteiger partial charge in [-0.05, 0) is 53.0 Å². The lowest BCUT2D eigenvalue weighted by Gasteiger charge is -2.33. The number of carbonyl (C=O) groups is 2. The van der Waals surface area contributed by atoms with Crippen molar-refractivity contribution in [3.05, 3.63) is 17.9 Å². The predicted octanol–water partition coefficient (Wildman–Crippen LogP) is 3.18. The number of furan rings is 1. The predicted molar refractivity (Wildman–Crippen MR) is 93.9 cm³/mol. The first kappa shape index (κ1) is 19.1. The summed E-state index contributed by atoms with van der Waals surface area (Å²) in [5.74, 6) is 0.148. The van der Waals surface area contributed by atoms with Crippen LogP contribution in [0, 0.1) is 0 Å². The minimum atomic E-state index is -1.13. The molecule has 7 heteroatoms. The highest BCUT2D eigenvalue weighted by Crippen LogP contribution is 2.27. The number of hydrogen-bond acceptors (Lipinski definition) is 5. The van der Waals surface area contributed by atoms with Crippen LogP contribution in [0.3, 0.4) is 0 Å². The topological polar surface area (TPSA) is 92.0 Å². The molecule has 0 spiro atoms. The summed E-state index contributed by atoms with van der Waals surface area (Å²) in [6.45, 7) is 8.26. The molecule has 1 amide bonds. The molecule has 0 aromatic carbocycles. The van der Waals surface area contributed by atoms with Gasteiger partial charge in [-0.2, -0.15) is 0 Å². The minimum absolute atomic E-state index is 0.0663. The van der Waals surface area contributed by atoms with Crippen LogP contribution in [0.2, 0.25) is 0 Å². The van der Waals surface area contributed by atoms with Crippen molar-refractivity contribution in [2.45, 2.75) is 71.1 Å². The summed E-state index contributed by atoms with van der Waals surface area (Å²) in [5.41, 5.74) is -0.685. The average molecular weight is 352 g/mol. The first-order chi connectivity index (χ1) is 11.7. The number of carbonyl (C=O) groups excluding carboxylic acids is 1. The molecule has 0 aliphatic carbocycles. The Bertz CT molecular complexity index is 605. The van der Waals surface area contributed by atoms with E-state index in [1.54, 1.807) is 26.8 Å². The molecule has 2 unspecified atom stereocenters. The van der Waals surface area contributed by atoms with E-state index >= 15 is 0 Å². The Morgan fingerprint density at radius 3 is 2.72 bits per heavy atom. The second kappa shape index (κ2) is 7.80. The van der Waals surface area contributed by atoms with Gasteiger partial charge in [0.05, 0.1) is 0 Å². The van der Waals surface area contributed by atoms with E-state index in [1.165, 1.54) is 6.42 Å². The zero-order valence-electron chi connectivity index (χ0n) is 15.4. The number of amides is 1. The van der Waals surface area contributed by atoms with Crippen LogP contribution in [0.5, 0.6) is 0 Å². The number of aliphatic carboxylic acids is 1. The van der Waals surface area contributed by atoms with E-state index in [-0.39, 0.29) is 6.42 Å². The maximum atomic E-state index is 11.8. The number of anilines is 1. The Balaban J connectivity index is 2.00. The van der Waals surface area contributed by atoms with E-state index in [9.17, 15) is 14.7 Å². The third-order valence-corrected chi connectivity index (χ3v) is 4.13. The summed E-state index contributed by atoms with van der Waals surface area (Å²) in [6.07, 6.45) is 2.77. The van der Waals surface area contributed by atoms with Crippen molar-refractivity contribution in [2.75, 3.05) is 11.4 Å². The fourth-order valence-electron chi connectivity index (χ4n) is 2.91. The van der Waals surface area contributed by atoms with E-state index in [0.717, 1.165) is 25.3 Å². The Hall–Kier alpha value is -2.18. The SMILES string of the molecule is CC1CCCCN1c1ccc(CC(NC(=O)OC(C)(C)C)C(=O)O)o1. The lowest BCUT2D eigenvalue weighted by atomic mass is 10.0. The van der Waals surface area contributed by atoms with Gasteiger partial charge in [-0.25, -0.2) is 9.59 Å². The molecular weight excluding hydrogens is 324 g/mol. The summed E-state index contributed by atoms with van der Waals surface area (Å²) in [4.78, 5) is 25.5. The molecule has 0 bridgehead atoms. The molecule has 2 atom stereocenters. The first-order valence-corrected chi connectivity index (χ1v) is 8.73. The van der Waals surface area contributed by atoms with Crippen LogP contribution >= 0.6 is 0 Å². The van der Waals surface area contributed by atoms with Crippen LogP contribution in [-0.2, 0) is 16.0 Å². The maximum absolute atomic E-state index is 11.8. The molecule has 1 aromatic rings. The molecule has 1 aliphatic heterocycles. The molecule has 1 saturated heterocycles. The summed E-state index contributed by atoms with van der Waals surface area (Å²) >= 11 is 0. The summed E-state index contributed by atoms with van der Waals surface area (Å²) in [5, 5.41) is 11.7. The normalized spacial score (nSPS) is 19.4. The van der Waals surface area contributed by atoms with Crippen molar-refractivity contribution >= 4 is 17.9 Å². The number of piperidine rings is 1. The number of alkyl carbamates (subject to hydrolysis) is 1. The van der Waals surface area contributed by atoms with Gasteiger partial charge in [0.2, 0.25) is 0 Å². The number of carboxylic acid groups (broad SMARTS) is 1. The van der Waals surface area contributed by atoms with Crippen LogP contribution in [0.25, 0.3) is 0 Å². The van der Waals surface area contributed by atoms with Crippen LogP contribution in [0.4, 0.5) is 10.7 Å². The molecular formula is C18H28N2O5. The van der Waals surface area contributed by atoms with E-state index in [4.69, 9.17) is 9.15 Å². The lowest BCUT2D eigenvalue weighted by Crippen LogP contribution is -2.44. The fourth-order valence-corrected chi connectivity index (χ4v) is 2.91. The number of hydrogen-bond donors (Lipinski definition) is 2. The van der Waals surface area contributed by atoms with Crippen molar-refractivity contribution in [1.29, 1.82) is 0 Å². The number of nitrogens with zero attached hydrogens (tertiary/aromatic N) is 1. The number of ether oxygens (including phenoxy) is 1. The Morgan fingerprint density at radius 2 is 2.12 bits per heavy atom. The van der Waals surface area contributed by atoms with Gasteiger partial charge in [0.25, 0.3) is 0 Å². The largest absolute Gasteiger partial charge is 0.480 e. The van der Waals surface area contributed by atoms with Crippen molar-refractivity contribution in [2.24, 2.45) is 0 Å². The van der Waals surface area contributed by atoms with E-state index in [0.29, 0.717) is 11.8 Å². The molecule has 1 aromatic heterocycles. The summed E-state index contributed by atoms with van der Waals surface area (Å²) in [6, 6.07) is 2.93. The lowest BCUT2D eigenvalue weighted by molar-refractivity contribution is -0.139. The van der Waals surface area contributed by atoms with Gasteiger partial charge < -0.3 is 24.5 Å². The standard InChI is InChI=1S/C18H28N2O5/c1-12-7-5-6-10-20(12)15-9-8-13(24-15)11-14(16(21)22)19-17(23)25-18(2,3)4/h8-9,12,14H,5-7,10-11H2,1-4H3,(H,19,23)(H,21,22). The molecule has 1 aliphatic rings. The van der Waals surface area contributed by atoms with Crippen molar-refractivity contribution in [3.8, 4) is 0 Å². The molecule has 7 nitrogen and oxygen atoms in total. The summed E-state index contributed by atoms with van der Waals surface area (Å²) in [7, 11) is 0. The molecule has 2 rings (SSSR count). The van der Waals surface area contributed by atoms with Crippen LogP contribution in [-0.4, -0.2) is 41.4 Å². The van der Waals surface area contributed by atoms with Crippen molar-refractivity contribution < 1.29 is 23.8 Å². The zero-order valence-corrected chi connectivity index (χ0v) is 15.4. The third kappa shape index (κ3) is 5.69. The van der Waals surface area contributed by atoms with Crippen LogP contribution in [0.15, 0.2) is 16.5 Å². The average Bonchev–Trinajstić information content (AvgIpc) is 2.93. The molecule has 25 heavy (non-hydrogen) atoms. The molecule has 2 N–H and O–H groups in total. The Morgan fingerprint density at radius 1 is 1.40 bits per heavy atom. The van der Waals surface area contributed by atoms with Crippen LogP contribution < -0.4 is 10.2 Å². The number of rotatable bonds is 5. The maximum Gasteiger partial charge on any atom is 0.408 e. The van der Waals surface area contributed by atoms with Gasteiger partial charge in [-0.3, -0.25) is 0 Å². The molecule has 1 fully saturated rings. The Kier molecular flexibility index (Phi) is 5.98. The molecule has 140 valence electrons. The second-order valence-corrected chi connectivity index (χ2v) is 7.52. The van der Waals surface area contributed by atoms with Crippen LogP contribution in [0.1, 0.15) is 52.7 Å². The highest BCUT2D eigenvalue weighted by molar-refractivity contribution is 5.80. The van der Waals surface area contributed by atoms with Gasteiger partial charge in [0.15, 0.2) is 5.88 Å². The van der Waals surface area contributed by atoms with E-state index in [2.05, 4.69) is 17.1 Å². The number of carboxylic acids is 1. The quantitative estimate of drug-likeness (QED) is 0.845. The zero-order chi connectivity index (χ0) is 18.6. The van der Waals surface area contributed by atoms with E-state index < -0.39 is 23.7 Å². The number of nitrogens with one attached hydrogen (secondary N) is 1. The van der Waals surface area contributed by atoms with Crippen molar-refractivity contribution in [3.63, 3.8) is 0 Å². The van der Waals surface area contributed by atoms with Gasteiger partial charge in [-0.15, -0.1) is 0 Å². The van der Waals surface area contributed by atoms with Gasteiger partial charge >= 0.3 is 12.1 Å². The smallest absolute Gasteiger partial charge is 0.408 e. The molecule has 0 saturated carbocycles. The fraction of sp³-hybridized carbons (Fsp3) is 0.667. The van der Waals surface area contributed by atoms with Gasteiger partial charge in [-0.1, -0.05) is 0 Å². The monoisotopic (exact) mass is 352 g/mol. The molecule has 2 heterocycles.